The number of furan rings is 1. The van der Waals surface area contributed by atoms with Crippen LogP contribution < -0.4 is 4.74 Å². The van der Waals surface area contributed by atoms with Crippen LogP contribution in [0.3, 0.4) is 0 Å². The van der Waals surface area contributed by atoms with Gasteiger partial charge in [0.15, 0.2) is 11.8 Å². The summed E-state index contributed by atoms with van der Waals surface area (Å²) in [5.41, 5.74) is 3.34. The van der Waals surface area contributed by atoms with Crippen molar-refractivity contribution >= 4 is 40.5 Å². The van der Waals surface area contributed by atoms with E-state index in [9.17, 15) is 18.0 Å². The average molecular weight is 585 g/mol. The lowest BCUT2D eigenvalue weighted by Crippen LogP contribution is -2.09. The minimum absolute atomic E-state index is 0.415. The maximum Gasteiger partial charge on any atom is 0.416 e. The quantitative estimate of drug-likeness (QED) is 0.160. The van der Waals surface area contributed by atoms with Gasteiger partial charge in [-0.1, -0.05) is 36.0 Å². The van der Waals surface area contributed by atoms with E-state index in [1.807, 2.05) is 49.4 Å². The van der Waals surface area contributed by atoms with Gasteiger partial charge in [-0.15, -0.1) is 11.8 Å². The normalized spacial score (nSPS) is 11.7. The van der Waals surface area contributed by atoms with Gasteiger partial charge in [-0.25, -0.2) is 9.78 Å². The number of imidazole rings is 1. The molecule has 0 radical (unpaired) electrons. The number of nitrogens with one attached hydrogen (secondary N) is 1. The number of H-pyrrole nitrogens is 1. The summed E-state index contributed by atoms with van der Waals surface area (Å²) >= 11 is 3.04. The number of halogens is 3. The number of aromatic amines is 1. The number of fused-ring (bicyclic) bond motifs is 1. The van der Waals surface area contributed by atoms with Gasteiger partial charge in [0, 0.05) is 21.8 Å². The highest BCUT2D eigenvalue weighted by Crippen LogP contribution is 2.36. The average Bonchev–Trinajstić information content (AvgIpc) is 3.53. The molecule has 3 aromatic carbocycles. The molecule has 0 atom stereocenters. The molecule has 5 aromatic rings. The first kappa shape index (κ1) is 27.7. The van der Waals surface area contributed by atoms with Crippen LogP contribution in [0.1, 0.15) is 22.5 Å². The number of hydrogen-bond acceptors (Lipinski definition) is 6. The van der Waals surface area contributed by atoms with Gasteiger partial charge >= 0.3 is 12.1 Å². The second-order valence-electron chi connectivity index (χ2n) is 8.88. The second kappa shape index (κ2) is 11.7. The third-order valence-corrected chi connectivity index (χ3v) is 7.91. The van der Waals surface area contributed by atoms with Gasteiger partial charge in [-0.2, -0.15) is 13.2 Å². The molecule has 0 amide bonds. The van der Waals surface area contributed by atoms with Crippen molar-refractivity contribution in [3.63, 3.8) is 0 Å². The van der Waals surface area contributed by atoms with Crippen molar-refractivity contribution in [1.82, 2.24) is 9.97 Å². The van der Waals surface area contributed by atoms with Crippen LogP contribution in [0.15, 0.2) is 87.3 Å². The Kier molecular flexibility index (Phi) is 8.13. The highest BCUT2D eigenvalue weighted by molar-refractivity contribution is 7.98. The van der Waals surface area contributed by atoms with Crippen LogP contribution >= 0.6 is 23.5 Å². The minimum atomic E-state index is -4.41. The van der Waals surface area contributed by atoms with Crippen molar-refractivity contribution in [2.75, 3.05) is 6.61 Å². The first-order valence-electron chi connectivity index (χ1n) is 12.1. The van der Waals surface area contributed by atoms with E-state index in [4.69, 9.17) is 14.3 Å². The van der Waals surface area contributed by atoms with Crippen LogP contribution in [0.25, 0.3) is 22.4 Å². The summed E-state index contributed by atoms with van der Waals surface area (Å²) in [7, 11) is 0. The Morgan fingerprint density at radius 2 is 1.80 bits per heavy atom. The van der Waals surface area contributed by atoms with E-state index in [1.54, 1.807) is 17.8 Å². The first-order valence-corrected chi connectivity index (χ1v) is 14.1. The highest BCUT2D eigenvalue weighted by atomic mass is 32.2. The SMILES string of the molecule is Cc1cc(SCc2cc(-c3ccc(C(F)(F)F)cc3)oc2CSc2nc3ccccc3[nH]2)ccc1OCC(=O)O. The number of aromatic nitrogens is 2. The molecule has 2 heterocycles. The van der Waals surface area contributed by atoms with Gasteiger partial charge < -0.3 is 19.2 Å². The predicted molar refractivity (Wildman–Crippen MR) is 149 cm³/mol. The maximum atomic E-state index is 13.1. The second-order valence-corrected chi connectivity index (χ2v) is 10.9. The molecule has 0 spiro atoms. The topological polar surface area (TPSA) is 88.4 Å². The Hall–Kier alpha value is -3.83. The zero-order valence-corrected chi connectivity index (χ0v) is 22.8. The molecule has 0 bridgehead atoms. The Morgan fingerprint density at radius 3 is 2.50 bits per heavy atom. The molecule has 5 rings (SSSR count). The Balaban J connectivity index is 1.36. The van der Waals surface area contributed by atoms with Crippen molar-refractivity contribution in [3.05, 3.63) is 95.2 Å². The van der Waals surface area contributed by atoms with Crippen molar-refractivity contribution < 1.29 is 32.2 Å². The lowest BCUT2D eigenvalue weighted by Gasteiger charge is -2.09. The molecule has 2 aromatic heterocycles. The highest BCUT2D eigenvalue weighted by Gasteiger charge is 2.30. The number of para-hydroxylation sites is 2. The van der Waals surface area contributed by atoms with Crippen LogP contribution in [0.4, 0.5) is 13.2 Å². The standard InChI is InChI=1S/C29H23F3N2O4S2/c1-17-12-21(10-11-24(17)37-14-27(35)36)39-15-19-13-25(18-6-8-20(9-7-18)29(30,31)32)38-26(19)16-40-28-33-22-4-2-3-5-23(22)34-28/h2-13H,14-16H2,1H3,(H,33,34)(H,35,36). The fraction of sp³-hybridized carbons (Fsp3) is 0.172. The van der Waals surface area contributed by atoms with Crippen molar-refractivity contribution in [2.45, 2.75) is 34.7 Å². The van der Waals surface area contributed by atoms with Crippen molar-refractivity contribution in [2.24, 2.45) is 0 Å². The number of benzene rings is 3. The van der Waals surface area contributed by atoms with Crippen LogP contribution in [0.5, 0.6) is 5.75 Å². The zero-order valence-electron chi connectivity index (χ0n) is 21.1. The third kappa shape index (κ3) is 6.65. The van der Waals surface area contributed by atoms with E-state index in [2.05, 4.69) is 9.97 Å². The number of hydrogen-bond donors (Lipinski definition) is 2. The summed E-state index contributed by atoms with van der Waals surface area (Å²) < 4.78 is 50.6. The van der Waals surface area contributed by atoms with Gasteiger partial charge in [-0.3, -0.25) is 0 Å². The lowest BCUT2D eigenvalue weighted by atomic mass is 10.1. The monoisotopic (exact) mass is 584 g/mol. The van der Waals surface area contributed by atoms with Crippen molar-refractivity contribution in [1.29, 1.82) is 0 Å². The van der Waals surface area contributed by atoms with Gasteiger partial charge in [0.25, 0.3) is 0 Å². The Bertz CT molecular complexity index is 1610. The summed E-state index contributed by atoms with van der Waals surface area (Å²) in [4.78, 5) is 19.6. The molecule has 2 N–H and O–H groups in total. The number of alkyl halides is 3. The Labute approximate surface area is 236 Å². The number of thioether (sulfide) groups is 2. The maximum absolute atomic E-state index is 13.1. The zero-order chi connectivity index (χ0) is 28.3. The molecule has 0 saturated carbocycles. The van der Waals surface area contributed by atoms with Gasteiger partial charge in [0.05, 0.1) is 22.3 Å². The summed E-state index contributed by atoms with van der Waals surface area (Å²) in [5, 5.41) is 9.58. The number of carboxylic acids is 1. The van der Waals surface area contributed by atoms with E-state index in [1.165, 1.54) is 23.9 Å². The smallest absolute Gasteiger partial charge is 0.416 e. The Morgan fingerprint density at radius 1 is 1.02 bits per heavy atom. The van der Waals surface area contributed by atoms with Crippen LogP contribution in [0.2, 0.25) is 0 Å². The van der Waals surface area contributed by atoms with Gasteiger partial charge in [0.2, 0.25) is 0 Å². The number of carbonyl (C=O) groups is 1. The molecule has 40 heavy (non-hydrogen) atoms. The largest absolute Gasteiger partial charge is 0.482 e. The first-order chi connectivity index (χ1) is 19.2. The molecular weight excluding hydrogens is 561 g/mol. The molecule has 0 aliphatic rings. The molecule has 0 aliphatic heterocycles. The molecule has 6 nitrogen and oxygen atoms in total. The number of rotatable bonds is 10. The van der Waals surface area contributed by atoms with E-state index in [0.717, 1.165) is 44.3 Å². The number of carboxylic acid groups (broad SMARTS) is 1. The fourth-order valence-electron chi connectivity index (χ4n) is 3.98. The van der Waals surface area contributed by atoms with Crippen LogP contribution in [-0.4, -0.2) is 27.7 Å². The number of ether oxygens (including phenoxy) is 1. The van der Waals surface area contributed by atoms with E-state index < -0.39 is 24.3 Å². The lowest BCUT2D eigenvalue weighted by molar-refractivity contribution is -0.139. The summed E-state index contributed by atoms with van der Waals surface area (Å²) in [6.45, 7) is 1.43. The molecule has 206 valence electrons. The van der Waals surface area contributed by atoms with E-state index in [-0.39, 0.29) is 0 Å². The number of aliphatic carboxylic acids is 1. The minimum Gasteiger partial charge on any atom is -0.482 e. The molecule has 0 saturated heterocycles. The summed E-state index contributed by atoms with van der Waals surface area (Å²) in [5.74, 6) is 1.66. The number of aryl methyl sites for hydroxylation is 1. The third-order valence-electron chi connectivity index (χ3n) is 5.99. The molecule has 0 aliphatic carbocycles. The van der Waals surface area contributed by atoms with Crippen molar-refractivity contribution in [3.8, 4) is 17.1 Å². The van der Waals surface area contributed by atoms with Crippen LogP contribution in [-0.2, 0) is 22.5 Å². The van der Waals surface area contributed by atoms with Crippen LogP contribution in [0, 0.1) is 6.92 Å². The molecule has 0 unspecified atom stereocenters. The molecular formula is C29H23F3N2O4S2. The molecule has 0 fully saturated rings. The molecule has 11 heteroatoms. The van der Waals surface area contributed by atoms with Gasteiger partial charge in [0.1, 0.15) is 17.3 Å². The fourth-order valence-corrected chi connectivity index (χ4v) is 5.83. The van der Waals surface area contributed by atoms with Gasteiger partial charge in [-0.05, 0) is 61.0 Å². The predicted octanol–water partition coefficient (Wildman–Crippen LogP) is 8.20. The van der Waals surface area contributed by atoms with E-state index in [0.29, 0.717) is 34.3 Å². The summed E-state index contributed by atoms with van der Waals surface area (Å²) in [6, 6.07) is 20.0. The number of nitrogens with zero attached hydrogens (tertiary/aromatic N) is 1. The summed E-state index contributed by atoms with van der Waals surface area (Å²) in [6.07, 6.45) is -4.41. The van der Waals surface area contributed by atoms with E-state index >= 15 is 0 Å².